The quantitative estimate of drug-likeness (QED) is 0.0449. The lowest BCUT2D eigenvalue weighted by molar-refractivity contribution is -0.130. The first-order chi connectivity index (χ1) is 30.6. The van der Waals surface area contributed by atoms with Crippen LogP contribution in [0.1, 0.15) is 290 Å². The van der Waals surface area contributed by atoms with Gasteiger partial charge < -0.3 is 9.80 Å². The van der Waals surface area contributed by atoms with Crippen LogP contribution in [0.25, 0.3) is 0 Å². The molecular weight excluding hydrogens is 753 g/mol. The Hall–Kier alpha value is -1.61. The van der Waals surface area contributed by atoms with Gasteiger partial charge in [0, 0.05) is 32.6 Å². The molecule has 0 atom stereocenters. The van der Waals surface area contributed by atoms with Crippen molar-refractivity contribution in [2.75, 3.05) is 27.2 Å². The van der Waals surface area contributed by atoms with Crippen molar-refractivity contribution in [1.82, 2.24) is 9.80 Å². The van der Waals surface area contributed by atoms with Gasteiger partial charge in [0.2, 0.25) is 5.91 Å². The summed E-state index contributed by atoms with van der Waals surface area (Å²) >= 11 is 0. The summed E-state index contributed by atoms with van der Waals surface area (Å²) in [4.78, 5) is 17.7. The van der Waals surface area contributed by atoms with Gasteiger partial charge in [0.05, 0.1) is 0 Å². The van der Waals surface area contributed by atoms with Gasteiger partial charge in [-0.1, -0.05) is 249 Å². The number of rotatable bonds is 50. The number of allylic oxidation sites excluding steroid dienone is 8. The van der Waals surface area contributed by atoms with E-state index in [-0.39, 0.29) is 0 Å². The number of carbonyl (C=O) groups excluding carboxylic acids is 1. The van der Waals surface area contributed by atoms with Crippen molar-refractivity contribution >= 4 is 5.91 Å². The van der Waals surface area contributed by atoms with Gasteiger partial charge >= 0.3 is 0 Å². The van der Waals surface area contributed by atoms with Gasteiger partial charge in [-0.2, -0.15) is 0 Å². The second kappa shape index (κ2) is 52.0. The molecule has 0 aromatic carbocycles. The third-order valence-electron chi connectivity index (χ3n) is 13.3. The highest BCUT2D eigenvalue weighted by molar-refractivity contribution is 5.75. The van der Waals surface area contributed by atoms with Gasteiger partial charge in [-0.15, -0.1) is 0 Å². The average molecular weight is 866 g/mol. The molecule has 0 fully saturated rings. The molecule has 0 aliphatic carbocycles. The molecule has 0 aromatic heterocycles. The second-order valence-corrected chi connectivity index (χ2v) is 19.4. The minimum absolute atomic E-state index is 0.347. The zero-order chi connectivity index (χ0) is 45.1. The Morgan fingerprint density at radius 1 is 0.355 bits per heavy atom. The number of hydrogen-bond donors (Lipinski definition) is 0. The van der Waals surface area contributed by atoms with Crippen LogP contribution in [-0.4, -0.2) is 48.9 Å². The molecule has 0 spiro atoms. The van der Waals surface area contributed by atoms with E-state index in [0.717, 1.165) is 38.8 Å². The first-order valence-corrected chi connectivity index (χ1v) is 28.1. The van der Waals surface area contributed by atoms with Crippen molar-refractivity contribution in [3.8, 4) is 0 Å². The molecule has 0 bridgehead atoms. The number of nitrogens with zero attached hydrogens (tertiary/aromatic N) is 2. The van der Waals surface area contributed by atoms with Gasteiger partial charge in [0.15, 0.2) is 0 Å². The summed E-state index contributed by atoms with van der Waals surface area (Å²) in [6.45, 7) is 8.70. The highest BCUT2D eigenvalue weighted by Gasteiger charge is 2.16. The average Bonchev–Trinajstić information content (AvgIpc) is 3.28. The Bertz CT molecular complexity index is 948. The van der Waals surface area contributed by atoms with E-state index < -0.39 is 0 Å². The molecule has 0 rings (SSSR count). The smallest absolute Gasteiger partial charge is 0.222 e. The monoisotopic (exact) mass is 865 g/mol. The van der Waals surface area contributed by atoms with E-state index >= 15 is 0 Å². The summed E-state index contributed by atoms with van der Waals surface area (Å²) in [5.74, 6) is 0.347. The number of carbonyl (C=O) groups is 1. The molecule has 0 aromatic rings. The van der Waals surface area contributed by atoms with Crippen molar-refractivity contribution in [2.24, 2.45) is 0 Å². The van der Waals surface area contributed by atoms with Crippen LogP contribution in [0.4, 0.5) is 0 Å². The lowest BCUT2D eigenvalue weighted by Crippen LogP contribution is -2.39. The highest BCUT2D eigenvalue weighted by atomic mass is 16.2. The summed E-state index contributed by atoms with van der Waals surface area (Å²) < 4.78 is 0. The zero-order valence-corrected chi connectivity index (χ0v) is 43.1. The lowest BCUT2D eigenvalue weighted by Gasteiger charge is -2.30. The van der Waals surface area contributed by atoms with Crippen LogP contribution < -0.4 is 0 Å². The summed E-state index contributed by atoms with van der Waals surface area (Å²) in [6, 6.07) is 0.644. The van der Waals surface area contributed by atoms with Crippen molar-refractivity contribution in [3.05, 3.63) is 48.6 Å². The molecule has 0 N–H and O–H groups in total. The molecule has 0 saturated carbocycles. The fraction of sp³-hybridized carbons (Fsp3) is 0.847. The number of amides is 1. The topological polar surface area (TPSA) is 23.6 Å². The molecule has 0 aliphatic heterocycles. The molecule has 0 unspecified atom stereocenters. The Labute approximate surface area is 391 Å². The van der Waals surface area contributed by atoms with Gasteiger partial charge in [0.1, 0.15) is 0 Å². The molecule has 3 nitrogen and oxygen atoms in total. The van der Waals surface area contributed by atoms with Crippen LogP contribution in [0.2, 0.25) is 0 Å². The Kier molecular flexibility index (Phi) is 50.7. The summed E-state index contributed by atoms with van der Waals surface area (Å²) in [6.07, 6.45) is 74.3. The van der Waals surface area contributed by atoms with Crippen LogP contribution in [0.3, 0.4) is 0 Å². The maximum atomic E-state index is 13.0. The summed E-state index contributed by atoms with van der Waals surface area (Å²) in [5.41, 5.74) is 0. The lowest BCUT2D eigenvalue weighted by atomic mass is 9.98. The Balaban J connectivity index is 4.38. The third kappa shape index (κ3) is 46.4. The van der Waals surface area contributed by atoms with E-state index in [2.05, 4.69) is 81.3 Å². The number of unbranched alkanes of at least 4 members (excludes halogenated alkanes) is 32. The minimum atomic E-state index is 0.347. The van der Waals surface area contributed by atoms with Crippen LogP contribution in [-0.2, 0) is 4.79 Å². The van der Waals surface area contributed by atoms with Crippen LogP contribution in [0, 0.1) is 0 Å². The van der Waals surface area contributed by atoms with E-state index in [1.807, 2.05) is 11.9 Å². The summed E-state index contributed by atoms with van der Waals surface area (Å²) in [5, 5.41) is 0. The Morgan fingerprint density at radius 2 is 0.645 bits per heavy atom. The van der Waals surface area contributed by atoms with E-state index in [4.69, 9.17) is 0 Å². The van der Waals surface area contributed by atoms with Crippen LogP contribution >= 0.6 is 0 Å². The molecule has 364 valence electrons. The molecule has 0 aliphatic rings. The van der Waals surface area contributed by atoms with Crippen molar-refractivity contribution < 1.29 is 4.79 Å². The SMILES string of the molecule is CCCCCC=CCC=CCCCCCCCCC(CCCCCCCCC=CCC=CCCCCC)N(C)CCN(C)C(=O)CCCCCCCCCCCCCCCCC. The first kappa shape index (κ1) is 60.4. The largest absolute Gasteiger partial charge is 0.344 e. The molecule has 0 heterocycles. The molecular formula is C59H112N2O. The number of hydrogen-bond acceptors (Lipinski definition) is 2. The summed E-state index contributed by atoms with van der Waals surface area (Å²) in [7, 11) is 4.38. The van der Waals surface area contributed by atoms with Crippen molar-refractivity contribution in [1.29, 1.82) is 0 Å². The molecule has 3 heteroatoms. The maximum absolute atomic E-state index is 13.0. The highest BCUT2D eigenvalue weighted by Crippen LogP contribution is 2.19. The maximum Gasteiger partial charge on any atom is 0.222 e. The molecule has 0 radical (unpaired) electrons. The van der Waals surface area contributed by atoms with E-state index in [9.17, 15) is 4.79 Å². The zero-order valence-electron chi connectivity index (χ0n) is 43.1. The van der Waals surface area contributed by atoms with Crippen molar-refractivity contribution in [2.45, 2.75) is 296 Å². The van der Waals surface area contributed by atoms with E-state index in [1.165, 1.54) is 244 Å². The predicted octanol–water partition coefficient (Wildman–Crippen LogP) is 19.4. The van der Waals surface area contributed by atoms with E-state index in [0.29, 0.717) is 11.9 Å². The van der Waals surface area contributed by atoms with Gasteiger partial charge in [0.25, 0.3) is 0 Å². The number of likely N-dealkylation sites (N-methyl/N-ethyl adjacent to an activating group) is 2. The van der Waals surface area contributed by atoms with Gasteiger partial charge in [-0.3, -0.25) is 4.79 Å². The third-order valence-corrected chi connectivity index (χ3v) is 13.3. The van der Waals surface area contributed by atoms with Crippen molar-refractivity contribution in [3.63, 3.8) is 0 Å². The fourth-order valence-corrected chi connectivity index (χ4v) is 8.77. The Morgan fingerprint density at radius 3 is 1.02 bits per heavy atom. The van der Waals surface area contributed by atoms with Gasteiger partial charge in [-0.25, -0.2) is 0 Å². The molecule has 62 heavy (non-hydrogen) atoms. The second-order valence-electron chi connectivity index (χ2n) is 19.4. The minimum Gasteiger partial charge on any atom is -0.344 e. The van der Waals surface area contributed by atoms with Crippen LogP contribution in [0.5, 0.6) is 0 Å². The van der Waals surface area contributed by atoms with E-state index in [1.54, 1.807) is 0 Å². The molecule has 1 amide bonds. The fourth-order valence-electron chi connectivity index (χ4n) is 8.77. The molecule has 0 saturated heterocycles. The standard InChI is InChI=1S/C59H112N2O/c1-6-9-12-15-18-21-24-27-30-33-35-38-41-44-47-50-53-58(54-51-48-45-42-39-36-34-31-28-25-22-19-16-13-10-7-2)60(4)56-57-61(5)59(62)55-52-49-46-43-40-37-32-29-26-23-20-17-14-11-8-3/h18-19,21-22,27-28,30-31,58H,6-17,20,23-26,29,32-57H2,1-5H3. The van der Waals surface area contributed by atoms with Gasteiger partial charge in [-0.05, 0) is 90.5 Å². The van der Waals surface area contributed by atoms with Crippen LogP contribution in [0.15, 0.2) is 48.6 Å². The predicted molar refractivity (Wildman–Crippen MR) is 282 cm³/mol. The first-order valence-electron chi connectivity index (χ1n) is 28.1. The normalized spacial score (nSPS) is 12.7.